The predicted octanol–water partition coefficient (Wildman–Crippen LogP) is 4.80. The summed E-state index contributed by atoms with van der Waals surface area (Å²) in [6.07, 6.45) is 1.80. The molecule has 0 spiro atoms. The number of halogens is 1. The first-order chi connectivity index (χ1) is 15.2. The Balaban J connectivity index is 1.25. The number of benzene rings is 3. The molecule has 1 N–H and O–H groups in total. The molecule has 3 aromatic rings. The molecule has 5 heteroatoms. The third-order valence-electron chi connectivity index (χ3n) is 5.59. The second kappa shape index (κ2) is 10.2. The minimum absolute atomic E-state index is 0.0675. The largest absolute Gasteiger partial charge is 0.489 e. The van der Waals surface area contributed by atoms with Crippen LogP contribution in [0.25, 0.3) is 0 Å². The quantitative estimate of drug-likeness (QED) is 0.599. The van der Waals surface area contributed by atoms with Gasteiger partial charge in [-0.05, 0) is 54.3 Å². The molecule has 1 fully saturated rings. The van der Waals surface area contributed by atoms with E-state index in [4.69, 9.17) is 4.74 Å². The molecule has 160 valence electrons. The van der Waals surface area contributed by atoms with E-state index in [1.807, 2.05) is 60.7 Å². The molecule has 3 aromatic carbocycles. The van der Waals surface area contributed by atoms with E-state index < -0.39 is 0 Å². The van der Waals surface area contributed by atoms with Crippen molar-refractivity contribution >= 4 is 5.91 Å². The number of ether oxygens (including phenoxy) is 1. The lowest BCUT2D eigenvalue weighted by Gasteiger charge is -2.32. The Kier molecular flexibility index (Phi) is 6.95. The Morgan fingerprint density at radius 2 is 1.68 bits per heavy atom. The minimum Gasteiger partial charge on any atom is -0.489 e. The Morgan fingerprint density at radius 3 is 2.42 bits per heavy atom. The molecule has 4 rings (SSSR count). The molecule has 0 atom stereocenters. The van der Waals surface area contributed by atoms with Crippen molar-refractivity contribution in [3.05, 3.63) is 101 Å². The van der Waals surface area contributed by atoms with E-state index in [0.29, 0.717) is 17.9 Å². The number of hydrogen-bond donors (Lipinski definition) is 1. The molecule has 1 heterocycles. The molecular weight excluding hydrogens is 391 g/mol. The Hall–Kier alpha value is -3.18. The number of rotatable bonds is 7. The van der Waals surface area contributed by atoms with Gasteiger partial charge in [0.25, 0.3) is 5.91 Å². The van der Waals surface area contributed by atoms with Crippen molar-refractivity contribution in [2.24, 2.45) is 0 Å². The second-order valence-corrected chi connectivity index (χ2v) is 7.95. The topological polar surface area (TPSA) is 41.6 Å². The van der Waals surface area contributed by atoms with Crippen molar-refractivity contribution in [2.75, 3.05) is 13.1 Å². The fraction of sp³-hybridized carbons (Fsp3) is 0.269. The van der Waals surface area contributed by atoms with Crippen LogP contribution in [0.1, 0.15) is 34.3 Å². The Morgan fingerprint density at radius 1 is 0.935 bits per heavy atom. The summed E-state index contributed by atoms with van der Waals surface area (Å²) in [7, 11) is 0. The highest BCUT2D eigenvalue weighted by atomic mass is 19.1. The maximum Gasteiger partial charge on any atom is 0.251 e. The zero-order chi connectivity index (χ0) is 21.5. The zero-order valence-electron chi connectivity index (χ0n) is 17.5. The van der Waals surface area contributed by atoms with Crippen molar-refractivity contribution in [2.45, 2.75) is 32.0 Å². The lowest BCUT2D eigenvalue weighted by molar-refractivity contribution is 0.0908. The molecule has 0 aromatic heterocycles. The van der Waals surface area contributed by atoms with E-state index in [2.05, 4.69) is 10.2 Å². The summed E-state index contributed by atoms with van der Waals surface area (Å²) in [6.45, 7) is 3.09. The first kappa shape index (κ1) is 21.1. The number of amides is 1. The van der Waals surface area contributed by atoms with Crippen LogP contribution in [0.15, 0.2) is 78.9 Å². The third kappa shape index (κ3) is 6.15. The van der Waals surface area contributed by atoms with E-state index in [0.717, 1.165) is 43.6 Å². The molecular formula is C26H27FN2O2. The SMILES string of the molecule is O=C(NC1CCN(Cc2ccc(F)cc2)CC1)c1cccc(OCc2ccccc2)c1. The van der Waals surface area contributed by atoms with Crippen molar-refractivity contribution in [3.63, 3.8) is 0 Å². The average Bonchev–Trinajstić information content (AvgIpc) is 2.81. The maximum atomic E-state index is 13.1. The minimum atomic E-state index is -0.209. The lowest BCUT2D eigenvalue weighted by Crippen LogP contribution is -2.44. The summed E-state index contributed by atoms with van der Waals surface area (Å²) in [5, 5.41) is 3.16. The molecule has 31 heavy (non-hydrogen) atoms. The van der Waals surface area contributed by atoms with E-state index in [1.54, 1.807) is 6.07 Å². The molecule has 1 aliphatic heterocycles. The van der Waals surface area contributed by atoms with Crippen LogP contribution in [0.5, 0.6) is 5.75 Å². The Bertz CT molecular complexity index is 984. The number of piperidine rings is 1. The van der Waals surface area contributed by atoms with Gasteiger partial charge in [0, 0.05) is 31.2 Å². The first-order valence-electron chi connectivity index (χ1n) is 10.7. The number of likely N-dealkylation sites (tertiary alicyclic amines) is 1. The van der Waals surface area contributed by atoms with E-state index in [-0.39, 0.29) is 17.8 Å². The molecule has 0 bridgehead atoms. The van der Waals surface area contributed by atoms with Crippen LogP contribution in [0.4, 0.5) is 4.39 Å². The van der Waals surface area contributed by atoms with Crippen LogP contribution in [0, 0.1) is 5.82 Å². The molecule has 1 aliphatic rings. The van der Waals surface area contributed by atoms with E-state index in [1.165, 1.54) is 12.1 Å². The van der Waals surface area contributed by atoms with Crippen LogP contribution in [0.3, 0.4) is 0 Å². The molecule has 0 saturated carbocycles. The number of nitrogens with zero attached hydrogens (tertiary/aromatic N) is 1. The van der Waals surface area contributed by atoms with Gasteiger partial charge in [0.05, 0.1) is 0 Å². The zero-order valence-corrected chi connectivity index (χ0v) is 17.5. The van der Waals surface area contributed by atoms with Crippen molar-refractivity contribution in [3.8, 4) is 5.75 Å². The van der Waals surface area contributed by atoms with Gasteiger partial charge in [-0.1, -0.05) is 48.5 Å². The standard InChI is InChI=1S/C26H27FN2O2/c27-23-11-9-20(10-12-23)18-29-15-13-24(14-16-29)28-26(30)22-7-4-8-25(17-22)31-19-21-5-2-1-3-6-21/h1-12,17,24H,13-16,18-19H2,(H,28,30). The number of nitrogens with one attached hydrogen (secondary N) is 1. The van der Waals surface area contributed by atoms with Gasteiger partial charge in [-0.3, -0.25) is 9.69 Å². The lowest BCUT2D eigenvalue weighted by atomic mass is 10.0. The molecule has 1 saturated heterocycles. The van der Waals surface area contributed by atoms with Gasteiger partial charge < -0.3 is 10.1 Å². The van der Waals surface area contributed by atoms with Gasteiger partial charge in [-0.15, -0.1) is 0 Å². The molecule has 4 nitrogen and oxygen atoms in total. The van der Waals surface area contributed by atoms with Gasteiger partial charge in [-0.25, -0.2) is 4.39 Å². The summed E-state index contributed by atoms with van der Waals surface area (Å²) in [6, 6.07) is 24.1. The van der Waals surface area contributed by atoms with Crippen LogP contribution >= 0.6 is 0 Å². The smallest absolute Gasteiger partial charge is 0.251 e. The normalized spacial score (nSPS) is 14.9. The van der Waals surface area contributed by atoms with Gasteiger partial charge in [0.1, 0.15) is 18.2 Å². The number of carbonyl (C=O) groups excluding carboxylic acids is 1. The highest BCUT2D eigenvalue weighted by Gasteiger charge is 2.21. The predicted molar refractivity (Wildman–Crippen MR) is 119 cm³/mol. The van der Waals surface area contributed by atoms with Crippen LogP contribution in [-0.2, 0) is 13.2 Å². The van der Waals surface area contributed by atoms with Gasteiger partial charge in [0.2, 0.25) is 0 Å². The molecule has 0 unspecified atom stereocenters. The summed E-state index contributed by atoms with van der Waals surface area (Å²) in [5.74, 6) is 0.410. The van der Waals surface area contributed by atoms with Crippen molar-refractivity contribution in [1.82, 2.24) is 10.2 Å². The summed E-state index contributed by atoms with van der Waals surface area (Å²) in [4.78, 5) is 15.1. The van der Waals surface area contributed by atoms with Crippen LogP contribution in [0.2, 0.25) is 0 Å². The van der Waals surface area contributed by atoms with Gasteiger partial charge >= 0.3 is 0 Å². The highest BCUT2D eigenvalue weighted by molar-refractivity contribution is 5.94. The molecule has 0 aliphatic carbocycles. The van der Waals surface area contributed by atoms with E-state index >= 15 is 0 Å². The molecule has 0 radical (unpaired) electrons. The maximum absolute atomic E-state index is 13.1. The highest BCUT2D eigenvalue weighted by Crippen LogP contribution is 2.18. The third-order valence-corrected chi connectivity index (χ3v) is 5.59. The molecule has 1 amide bonds. The van der Waals surface area contributed by atoms with E-state index in [9.17, 15) is 9.18 Å². The van der Waals surface area contributed by atoms with Gasteiger partial charge in [0.15, 0.2) is 0 Å². The second-order valence-electron chi connectivity index (χ2n) is 7.95. The van der Waals surface area contributed by atoms with Crippen LogP contribution < -0.4 is 10.1 Å². The first-order valence-corrected chi connectivity index (χ1v) is 10.7. The van der Waals surface area contributed by atoms with Crippen molar-refractivity contribution in [1.29, 1.82) is 0 Å². The number of hydrogen-bond acceptors (Lipinski definition) is 3. The summed E-state index contributed by atoms with van der Waals surface area (Å²) >= 11 is 0. The number of carbonyl (C=O) groups is 1. The summed E-state index contributed by atoms with van der Waals surface area (Å²) in [5.41, 5.74) is 2.81. The summed E-state index contributed by atoms with van der Waals surface area (Å²) < 4.78 is 18.9. The monoisotopic (exact) mass is 418 g/mol. The van der Waals surface area contributed by atoms with Crippen molar-refractivity contribution < 1.29 is 13.9 Å². The fourth-order valence-electron chi connectivity index (χ4n) is 3.82. The van der Waals surface area contributed by atoms with Crippen LogP contribution in [-0.4, -0.2) is 29.9 Å². The average molecular weight is 419 g/mol. The Labute approximate surface area is 182 Å². The van der Waals surface area contributed by atoms with Gasteiger partial charge in [-0.2, -0.15) is 0 Å². The fourth-order valence-corrected chi connectivity index (χ4v) is 3.82.